The molecule has 0 saturated carbocycles. The number of rotatable bonds is 3. The molecule has 2 aromatic heterocycles. The summed E-state index contributed by atoms with van der Waals surface area (Å²) >= 11 is 10.5. The molecule has 4 bridgehead atoms. The van der Waals surface area contributed by atoms with Crippen LogP contribution in [0.1, 0.15) is 6.23 Å². The molecule has 0 aromatic carbocycles. The van der Waals surface area contributed by atoms with Crippen molar-refractivity contribution in [1.29, 1.82) is 0 Å². The first-order valence-corrected chi connectivity index (χ1v) is 18.9. The predicted octanol–water partition coefficient (Wildman–Crippen LogP) is -1.70. The molecule has 7 heterocycles. The van der Waals surface area contributed by atoms with Gasteiger partial charge < -0.3 is 48.8 Å². The van der Waals surface area contributed by atoms with Gasteiger partial charge in [-0.15, -0.1) is 0 Å². The van der Waals surface area contributed by atoms with E-state index in [1.165, 1.54) is 28.5 Å². The fraction of sp³-hybridized carbons (Fsp3) is 0.650. The average Bonchev–Trinajstić information content (AvgIpc) is 3.76. The second-order valence-electron chi connectivity index (χ2n) is 10.8. The van der Waals surface area contributed by atoms with Crippen molar-refractivity contribution in [3.63, 3.8) is 0 Å². The summed E-state index contributed by atoms with van der Waals surface area (Å²) in [5, 5.41) is 9.19. The van der Waals surface area contributed by atoms with Gasteiger partial charge in [-0.05, 0) is 29.1 Å². The van der Waals surface area contributed by atoms with Gasteiger partial charge in [-0.3, -0.25) is 29.9 Å². The van der Waals surface area contributed by atoms with Crippen LogP contribution in [-0.2, 0) is 56.0 Å². The number of azide groups is 1. The summed E-state index contributed by atoms with van der Waals surface area (Å²) in [6.45, 7) is -9.82. The Balaban J connectivity index is 1.21. The molecular formula is C20H26FN13O9P2S2. The summed E-state index contributed by atoms with van der Waals surface area (Å²) in [6.07, 6.45) is -8.33. The Morgan fingerprint density at radius 3 is 2.55 bits per heavy atom. The zero-order valence-corrected chi connectivity index (χ0v) is 26.9. The minimum atomic E-state index is -4.31. The van der Waals surface area contributed by atoms with Crippen LogP contribution >= 0.6 is 13.4 Å². The first kappa shape index (κ1) is 33.0. The van der Waals surface area contributed by atoms with Gasteiger partial charge in [0.05, 0.1) is 38.0 Å². The van der Waals surface area contributed by atoms with Gasteiger partial charge >= 0.3 is 13.4 Å². The molecule has 2 aromatic rings. The predicted molar refractivity (Wildman–Crippen MR) is 162 cm³/mol. The molecule has 5 unspecified atom stereocenters. The summed E-state index contributed by atoms with van der Waals surface area (Å²) < 4.78 is 52.2. The number of nitrogens with two attached hydrogens (primary N) is 2. The molecular weight excluding hydrogens is 711 g/mol. The fourth-order valence-electron chi connectivity index (χ4n) is 5.88. The lowest BCUT2D eigenvalue weighted by Gasteiger charge is -2.39. The number of carbonyl (C=O) groups excluding carboxylic acids is 1. The van der Waals surface area contributed by atoms with Gasteiger partial charge in [0, 0.05) is 4.91 Å². The third-order valence-corrected chi connectivity index (χ3v) is 11.0. The van der Waals surface area contributed by atoms with Crippen molar-refractivity contribution in [1.82, 2.24) is 35.1 Å². The molecule has 5 aliphatic heterocycles. The third-order valence-electron chi connectivity index (χ3n) is 7.93. The number of nitrogen functional groups attached to an aromatic ring is 1. The van der Waals surface area contributed by atoms with Gasteiger partial charge in [-0.25, -0.2) is 19.3 Å². The number of halogens is 1. The number of imidazole rings is 1. The monoisotopic (exact) mass is 737 g/mol. The molecule has 5 aliphatic rings. The van der Waals surface area contributed by atoms with Crippen molar-refractivity contribution in [2.24, 2.45) is 15.8 Å². The van der Waals surface area contributed by atoms with Crippen LogP contribution < -0.4 is 22.1 Å². The van der Waals surface area contributed by atoms with Crippen LogP contribution in [0, 0.1) is 0 Å². The number of nitrogens with zero attached hydrogens (tertiary/aromatic N) is 9. The van der Waals surface area contributed by atoms with Gasteiger partial charge in [-0.2, -0.15) is 0 Å². The van der Waals surface area contributed by atoms with Crippen LogP contribution in [0.5, 0.6) is 0 Å². The number of hydrogen-bond acceptors (Lipinski definition) is 18. The lowest BCUT2D eigenvalue weighted by molar-refractivity contribution is -0.130. The van der Waals surface area contributed by atoms with E-state index in [-0.39, 0.29) is 17.0 Å². The number of nitrogens with one attached hydrogen (secondary N) is 2. The number of anilines is 1. The lowest BCUT2D eigenvalue weighted by atomic mass is 10.1. The number of aliphatic imine (C=N–C) groups is 1. The van der Waals surface area contributed by atoms with Gasteiger partial charge in [0.15, 0.2) is 36.1 Å². The number of ether oxygens (including phenoxy) is 2. The smallest absolute Gasteiger partial charge is 0.325 e. The molecule has 1 amide bonds. The number of aromatic nitrogens is 4. The van der Waals surface area contributed by atoms with Crippen LogP contribution in [0.25, 0.3) is 21.6 Å². The maximum atomic E-state index is 16.1. The van der Waals surface area contributed by atoms with Gasteiger partial charge in [0.25, 0.3) is 5.91 Å². The minimum absolute atomic E-state index is 0.0676. The summed E-state index contributed by atoms with van der Waals surface area (Å²) in [7, 11) is 0. The fourth-order valence-corrected chi connectivity index (χ4v) is 8.69. The lowest BCUT2D eigenvalue weighted by Crippen LogP contribution is -2.70. The number of hydrogen-bond donors (Lipinski definition) is 6. The number of carbonyl (C=O) groups is 1. The maximum Gasteiger partial charge on any atom is 0.325 e. The molecule has 254 valence electrons. The van der Waals surface area contributed by atoms with E-state index >= 15 is 4.39 Å². The van der Waals surface area contributed by atoms with Crippen molar-refractivity contribution >= 4 is 66.3 Å². The first-order chi connectivity index (χ1) is 22.4. The van der Waals surface area contributed by atoms with Crippen molar-refractivity contribution in [2.45, 2.75) is 67.6 Å². The standard InChI is InChI=1S/C20H26FN13O9P2S2/c21-8-6-1-38-45(37,47)43-13-9(31-32-24)7(41-19(13)33-4-27-10-14(22)25-3-26-15(10)33)2-39-44(36,46)42-12(8)18(40-6)34-5-28-11-16(34)29-20(23)30-17(11)35/h3-9,11-13,16,18-20,29H,1-2,23H2,(H,30,35)(H,36,46)(H,37,47)(H2,22,25,26)/t6-,7-,8-,9-,11?,12-,13-,16?,18-,19-,20?,44?,45?/m1/s1. The van der Waals surface area contributed by atoms with Gasteiger partial charge in [-0.1, -0.05) is 5.11 Å². The summed E-state index contributed by atoms with van der Waals surface area (Å²) in [5.74, 6) is -0.417. The van der Waals surface area contributed by atoms with Crippen LogP contribution in [0.2, 0.25) is 0 Å². The Morgan fingerprint density at radius 2 is 1.81 bits per heavy atom. The molecule has 47 heavy (non-hydrogen) atoms. The molecule has 0 spiro atoms. The van der Waals surface area contributed by atoms with E-state index < -0.39 is 100 Å². The summed E-state index contributed by atoms with van der Waals surface area (Å²) in [5.41, 5.74) is 21.6. The third kappa shape index (κ3) is 6.11. The van der Waals surface area contributed by atoms with E-state index in [4.69, 9.17) is 62.6 Å². The van der Waals surface area contributed by atoms with Crippen molar-refractivity contribution in [2.75, 3.05) is 18.9 Å². The van der Waals surface area contributed by atoms with E-state index in [0.717, 1.165) is 0 Å². The van der Waals surface area contributed by atoms with Crippen LogP contribution in [0.3, 0.4) is 0 Å². The van der Waals surface area contributed by atoms with E-state index in [1.54, 1.807) is 0 Å². The van der Waals surface area contributed by atoms with Gasteiger partial charge in [0.1, 0.15) is 42.6 Å². The number of alkyl halides is 1. The largest absolute Gasteiger partial charge is 0.382 e. The summed E-state index contributed by atoms with van der Waals surface area (Å²) in [4.78, 5) is 55.5. The maximum absolute atomic E-state index is 16.1. The van der Waals surface area contributed by atoms with Crippen LogP contribution in [0.15, 0.2) is 22.8 Å². The second-order valence-corrected chi connectivity index (χ2v) is 16.4. The SMILES string of the molecule is [N-]=[N+]=N[C@H]1[C@H]2OP(O)(=S)OC[C@H]3O[C@@H](N4C=NC5C(=O)NC(N)NC54)[C@H](OP(O)(=S)OC[C@H]1O[C@H]2n1cnc2c(N)ncnc21)[C@@H]3F. The zero-order valence-electron chi connectivity index (χ0n) is 23.5. The molecule has 7 rings (SSSR count). The molecule has 0 radical (unpaired) electrons. The summed E-state index contributed by atoms with van der Waals surface area (Å²) in [6, 6.07) is -2.21. The highest BCUT2D eigenvalue weighted by molar-refractivity contribution is 8.07. The van der Waals surface area contributed by atoms with Crippen molar-refractivity contribution < 1.29 is 46.5 Å². The minimum Gasteiger partial charge on any atom is -0.382 e. The highest BCUT2D eigenvalue weighted by atomic mass is 32.5. The van der Waals surface area contributed by atoms with Crippen LogP contribution in [0.4, 0.5) is 10.2 Å². The van der Waals surface area contributed by atoms with E-state index in [9.17, 15) is 20.1 Å². The zero-order chi connectivity index (χ0) is 33.2. The average molecular weight is 738 g/mol. The molecule has 27 heteroatoms. The van der Waals surface area contributed by atoms with Gasteiger partial charge in [0.2, 0.25) is 0 Å². The normalized spacial score (nSPS) is 43.7. The first-order valence-electron chi connectivity index (χ1n) is 13.7. The highest BCUT2D eigenvalue weighted by Crippen LogP contribution is 2.54. The Bertz CT molecular complexity index is 1760. The molecule has 8 N–H and O–H groups in total. The Hall–Kier alpha value is -2.57. The topological polar surface area (TPSA) is 297 Å². The molecule has 4 fully saturated rings. The molecule has 4 saturated heterocycles. The molecule has 13 atom stereocenters. The quantitative estimate of drug-likeness (QED) is 0.0885. The van der Waals surface area contributed by atoms with E-state index in [1.807, 2.05) is 0 Å². The Morgan fingerprint density at radius 1 is 1.11 bits per heavy atom. The Kier molecular flexibility index (Phi) is 8.69. The number of fused-ring (bicyclic) bond motifs is 6. The highest BCUT2D eigenvalue weighted by Gasteiger charge is 2.56. The molecule has 0 aliphatic carbocycles. The second kappa shape index (κ2) is 12.4. The van der Waals surface area contributed by atoms with Crippen molar-refractivity contribution in [3.8, 4) is 0 Å². The molecule has 22 nitrogen and oxygen atoms in total. The Labute approximate surface area is 273 Å². The van der Waals surface area contributed by atoms with Crippen LogP contribution in [-0.4, -0.2) is 121 Å². The van der Waals surface area contributed by atoms with E-state index in [0.29, 0.717) is 0 Å². The number of amides is 1. The van der Waals surface area contributed by atoms with E-state index in [2.05, 4.69) is 40.6 Å². The van der Waals surface area contributed by atoms with Crippen molar-refractivity contribution in [3.05, 3.63) is 23.1 Å².